The molecule has 10 heteroatoms. The van der Waals surface area contributed by atoms with Gasteiger partial charge in [-0.05, 0) is 107 Å². The largest absolute Gasteiger partial charge is 0.484 e. The Bertz CT molecular complexity index is 1720. The summed E-state index contributed by atoms with van der Waals surface area (Å²) in [5, 5.41) is 6.77. The molecule has 2 unspecified atom stereocenters. The Hall–Kier alpha value is -4.54. The number of nitrogens with one attached hydrogen (secondary N) is 2. The molecule has 0 aliphatic carbocycles. The van der Waals surface area contributed by atoms with Crippen LogP contribution in [0.1, 0.15) is 23.5 Å². The number of carbonyl (C=O) groups excluding carboxylic acids is 1. The first-order valence-electron chi connectivity index (χ1n) is 13.1. The predicted octanol–water partition coefficient (Wildman–Crippen LogP) is 7.44. The van der Waals surface area contributed by atoms with Crippen LogP contribution in [-0.4, -0.2) is 22.6 Å². The molecule has 0 bridgehead atoms. The predicted molar refractivity (Wildman–Crippen MR) is 167 cm³/mol. The first kappa shape index (κ1) is 27.6. The number of amides is 1. The number of aromatic nitrogens is 1. The lowest BCUT2D eigenvalue weighted by molar-refractivity contribution is -0.118. The Labute approximate surface area is 255 Å². The highest BCUT2D eigenvalue weighted by atomic mass is 79.9. The summed E-state index contributed by atoms with van der Waals surface area (Å²) in [6, 6.07) is 29.8. The highest BCUT2D eigenvalue weighted by Gasteiger charge is 2.42. The van der Waals surface area contributed by atoms with E-state index in [0.717, 1.165) is 16.9 Å². The zero-order valence-electron chi connectivity index (χ0n) is 22.0. The number of thiocarbonyl (C=S) groups is 1. The second kappa shape index (κ2) is 12.1. The minimum absolute atomic E-state index is 0.106. The van der Waals surface area contributed by atoms with Crippen LogP contribution in [0.2, 0.25) is 0 Å². The quantitative estimate of drug-likeness (QED) is 0.170. The maximum Gasteiger partial charge on any atom is 0.262 e. The molecule has 210 valence electrons. The number of hydrogen-bond acceptors (Lipinski definition) is 5. The SMILES string of the molecule is O=C(COc1ccccc1)Nc1ccc(N2C(=S)NC(c3ccccn3)C2c2ccc(-c3ccc(F)cc3Br)o2)cc1. The van der Waals surface area contributed by atoms with Gasteiger partial charge in [-0.15, -0.1) is 0 Å². The van der Waals surface area contributed by atoms with E-state index >= 15 is 0 Å². The number of ether oxygens (including phenoxy) is 1. The van der Waals surface area contributed by atoms with Crippen LogP contribution in [0.4, 0.5) is 15.8 Å². The van der Waals surface area contributed by atoms with Crippen molar-refractivity contribution in [3.63, 3.8) is 0 Å². The summed E-state index contributed by atoms with van der Waals surface area (Å²) in [5.74, 6) is 1.25. The van der Waals surface area contributed by atoms with Gasteiger partial charge in [-0.1, -0.05) is 24.3 Å². The molecule has 1 aliphatic heterocycles. The van der Waals surface area contributed by atoms with E-state index in [1.807, 2.05) is 77.7 Å². The van der Waals surface area contributed by atoms with E-state index < -0.39 is 0 Å². The van der Waals surface area contributed by atoms with Gasteiger partial charge in [-0.2, -0.15) is 0 Å². The second-order valence-electron chi connectivity index (χ2n) is 9.52. The molecule has 6 rings (SSSR count). The van der Waals surface area contributed by atoms with Gasteiger partial charge in [-0.3, -0.25) is 9.78 Å². The molecule has 0 radical (unpaired) electrons. The fraction of sp³-hybridized carbons (Fsp3) is 0.0938. The van der Waals surface area contributed by atoms with E-state index in [1.165, 1.54) is 12.1 Å². The summed E-state index contributed by atoms with van der Waals surface area (Å²) >= 11 is 9.24. The molecule has 2 aromatic heterocycles. The number of pyridine rings is 1. The van der Waals surface area contributed by atoms with Gasteiger partial charge in [0.25, 0.3) is 5.91 Å². The number of rotatable bonds is 8. The number of benzene rings is 3. The summed E-state index contributed by atoms with van der Waals surface area (Å²) in [7, 11) is 0. The van der Waals surface area contributed by atoms with Crippen molar-refractivity contribution in [1.82, 2.24) is 10.3 Å². The highest BCUT2D eigenvalue weighted by Crippen LogP contribution is 2.43. The first-order chi connectivity index (χ1) is 20.5. The third-order valence-corrected chi connectivity index (χ3v) is 7.73. The van der Waals surface area contributed by atoms with Crippen LogP contribution in [0.25, 0.3) is 11.3 Å². The standard InChI is InChI=1S/C32H24BrFN4O3S/c33-25-18-20(34)9-14-24(25)27-15-16-28(41-27)31-30(26-8-4-5-17-35-26)37-32(42)38(31)22-12-10-21(11-13-22)36-29(39)19-40-23-6-2-1-3-7-23/h1-18,30-31H,19H2,(H,36,39)(H,37,42). The molecule has 1 fully saturated rings. The van der Waals surface area contributed by atoms with E-state index in [9.17, 15) is 9.18 Å². The number of furan rings is 1. The lowest BCUT2D eigenvalue weighted by atomic mass is 10.0. The average molecular weight is 644 g/mol. The molecule has 1 amide bonds. The second-order valence-corrected chi connectivity index (χ2v) is 10.8. The average Bonchev–Trinajstić information content (AvgIpc) is 3.62. The monoisotopic (exact) mass is 642 g/mol. The number of para-hydroxylation sites is 1. The minimum atomic E-state index is -0.375. The lowest BCUT2D eigenvalue weighted by Gasteiger charge is -2.26. The van der Waals surface area contributed by atoms with Gasteiger partial charge in [0.05, 0.1) is 11.7 Å². The molecule has 7 nitrogen and oxygen atoms in total. The van der Waals surface area contributed by atoms with Gasteiger partial charge in [-0.25, -0.2) is 4.39 Å². The highest BCUT2D eigenvalue weighted by molar-refractivity contribution is 9.10. The number of nitrogens with zero attached hydrogens (tertiary/aromatic N) is 2. The van der Waals surface area contributed by atoms with E-state index in [2.05, 4.69) is 31.5 Å². The molecule has 0 saturated carbocycles. The fourth-order valence-electron chi connectivity index (χ4n) is 4.84. The number of anilines is 2. The normalized spacial score (nSPS) is 16.2. The van der Waals surface area contributed by atoms with E-state index in [1.54, 1.807) is 24.4 Å². The molecule has 3 aromatic carbocycles. The van der Waals surface area contributed by atoms with Crippen molar-refractivity contribution in [2.45, 2.75) is 12.1 Å². The van der Waals surface area contributed by atoms with Gasteiger partial charge in [0.1, 0.15) is 29.1 Å². The maximum atomic E-state index is 13.7. The van der Waals surface area contributed by atoms with Crippen molar-refractivity contribution < 1.29 is 18.3 Å². The van der Waals surface area contributed by atoms with Crippen LogP contribution < -0.4 is 20.3 Å². The van der Waals surface area contributed by atoms with Crippen molar-refractivity contribution >= 4 is 50.5 Å². The van der Waals surface area contributed by atoms with Gasteiger partial charge in [0.15, 0.2) is 11.7 Å². The van der Waals surface area contributed by atoms with Crippen molar-refractivity contribution in [2.24, 2.45) is 0 Å². The third kappa shape index (κ3) is 5.90. The zero-order chi connectivity index (χ0) is 29.1. The zero-order valence-corrected chi connectivity index (χ0v) is 24.4. The Balaban J connectivity index is 1.26. The molecule has 2 N–H and O–H groups in total. The van der Waals surface area contributed by atoms with Crippen LogP contribution in [-0.2, 0) is 4.79 Å². The summed E-state index contributed by atoms with van der Waals surface area (Å²) in [6.07, 6.45) is 1.74. The number of carbonyl (C=O) groups is 1. The molecule has 42 heavy (non-hydrogen) atoms. The van der Waals surface area contributed by atoms with Crippen LogP contribution >= 0.6 is 28.1 Å². The molecule has 3 heterocycles. The fourth-order valence-corrected chi connectivity index (χ4v) is 5.73. The Morgan fingerprint density at radius 2 is 1.81 bits per heavy atom. The molecule has 0 spiro atoms. The molecule has 1 saturated heterocycles. The number of halogens is 2. The maximum absolute atomic E-state index is 13.7. The van der Waals surface area contributed by atoms with Crippen LogP contribution in [0.15, 0.2) is 118 Å². The van der Waals surface area contributed by atoms with Gasteiger partial charge < -0.3 is 24.7 Å². The smallest absolute Gasteiger partial charge is 0.262 e. The number of hydrogen-bond donors (Lipinski definition) is 2. The van der Waals surface area contributed by atoms with Gasteiger partial charge in [0.2, 0.25) is 0 Å². The van der Waals surface area contributed by atoms with Crippen LogP contribution in [0.5, 0.6) is 5.75 Å². The van der Waals surface area contributed by atoms with Crippen LogP contribution in [0.3, 0.4) is 0 Å². The molecular weight excluding hydrogens is 619 g/mol. The summed E-state index contributed by atoms with van der Waals surface area (Å²) in [6.45, 7) is -0.106. The summed E-state index contributed by atoms with van der Waals surface area (Å²) in [5.41, 5.74) is 2.96. The van der Waals surface area contributed by atoms with E-state index in [4.69, 9.17) is 21.4 Å². The Kier molecular flexibility index (Phi) is 7.98. The minimum Gasteiger partial charge on any atom is -0.484 e. The Morgan fingerprint density at radius 3 is 2.55 bits per heavy atom. The topological polar surface area (TPSA) is 79.6 Å². The van der Waals surface area contributed by atoms with Crippen molar-refractivity contribution in [2.75, 3.05) is 16.8 Å². The van der Waals surface area contributed by atoms with Crippen molar-refractivity contribution in [3.8, 4) is 17.1 Å². The lowest BCUT2D eigenvalue weighted by Crippen LogP contribution is -2.29. The van der Waals surface area contributed by atoms with Gasteiger partial charge >= 0.3 is 0 Å². The van der Waals surface area contributed by atoms with Crippen molar-refractivity contribution in [1.29, 1.82) is 0 Å². The molecule has 5 aromatic rings. The summed E-state index contributed by atoms with van der Waals surface area (Å²) < 4.78 is 26.2. The first-order valence-corrected chi connectivity index (χ1v) is 14.3. The molecule has 2 atom stereocenters. The van der Waals surface area contributed by atoms with E-state index in [-0.39, 0.29) is 30.4 Å². The third-order valence-electron chi connectivity index (χ3n) is 6.76. The van der Waals surface area contributed by atoms with E-state index in [0.29, 0.717) is 32.5 Å². The molecule has 1 aliphatic rings. The van der Waals surface area contributed by atoms with Crippen molar-refractivity contribution in [3.05, 3.63) is 131 Å². The van der Waals surface area contributed by atoms with Crippen LogP contribution in [0, 0.1) is 5.82 Å². The van der Waals surface area contributed by atoms with Gasteiger partial charge in [0, 0.05) is 27.6 Å². The molecular formula is C32H24BrFN4O3S. The Morgan fingerprint density at radius 1 is 1.02 bits per heavy atom. The summed E-state index contributed by atoms with van der Waals surface area (Å²) in [4.78, 5) is 19.0.